The maximum absolute atomic E-state index is 12.6. The molecule has 2 aliphatic rings. The van der Waals surface area contributed by atoms with Gasteiger partial charge in [0.25, 0.3) is 0 Å². The molecule has 5 nitrogen and oxygen atoms in total. The number of amides is 2. The van der Waals surface area contributed by atoms with Crippen LogP contribution in [0.4, 0.5) is 5.69 Å². The lowest BCUT2D eigenvalue weighted by Crippen LogP contribution is -2.38. The Balaban J connectivity index is 1.48. The fourth-order valence-electron chi connectivity index (χ4n) is 3.89. The molecule has 0 bridgehead atoms. The summed E-state index contributed by atoms with van der Waals surface area (Å²) in [6.07, 6.45) is 4.68. The maximum Gasteiger partial charge on any atom is 0.227 e. The number of hydrogen-bond acceptors (Lipinski definition) is 3. The van der Waals surface area contributed by atoms with Gasteiger partial charge in [0.05, 0.1) is 11.6 Å². The molecule has 1 atom stereocenters. The van der Waals surface area contributed by atoms with E-state index in [9.17, 15) is 9.59 Å². The summed E-state index contributed by atoms with van der Waals surface area (Å²) in [6, 6.07) is 17.2. The molecule has 0 aromatic heterocycles. The SMILES string of the molecule is O=C(NC1CCCC1)C1CC(=O)N(c2ccccc2Oc2ccccc2)C1. The Morgan fingerprint density at radius 1 is 1.00 bits per heavy atom. The lowest BCUT2D eigenvalue weighted by atomic mass is 10.1. The molecule has 140 valence electrons. The van der Waals surface area contributed by atoms with Crippen molar-refractivity contribution >= 4 is 17.5 Å². The van der Waals surface area contributed by atoms with Crippen molar-refractivity contribution in [2.24, 2.45) is 5.92 Å². The molecule has 27 heavy (non-hydrogen) atoms. The minimum absolute atomic E-state index is 0.000733. The molecule has 1 saturated heterocycles. The number of nitrogens with zero attached hydrogens (tertiary/aromatic N) is 1. The summed E-state index contributed by atoms with van der Waals surface area (Å²) in [5, 5.41) is 3.12. The second-order valence-corrected chi connectivity index (χ2v) is 7.28. The van der Waals surface area contributed by atoms with E-state index in [0.717, 1.165) is 12.8 Å². The van der Waals surface area contributed by atoms with Crippen LogP contribution < -0.4 is 15.0 Å². The molecule has 1 heterocycles. The van der Waals surface area contributed by atoms with Crippen LogP contribution in [0.25, 0.3) is 0 Å². The van der Waals surface area contributed by atoms with Crippen molar-refractivity contribution in [3.8, 4) is 11.5 Å². The fourth-order valence-corrected chi connectivity index (χ4v) is 3.89. The van der Waals surface area contributed by atoms with Crippen molar-refractivity contribution in [3.05, 3.63) is 54.6 Å². The second kappa shape index (κ2) is 7.82. The van der Waals surface area contributed by atoms with Gasteiger partial charge in [-0.25, -0.2) is 0 Å². The summed E-state index contributed by atoms with van der Waals surface area (Å²) in [6.45, 7) is 0.395. The molecule has 2 aromatic carbocycles. The molecule has 1 aliphatic carbocycles. The van der Waals surface area contributed by atoms with Crippen molar-refractivity contribution < 1.29 is 14.3 Å². The standard InChI is InChI=1S/C22H24N2O3/c25-21-14-16(22(26)23-17-8-4-5-9-17)15-24(21)19-12-6-7-13-20(19)27-18-10-2-1-3-11-18/h1-3,6-7,10-13,16-17H,4-5,8-9,14-15H2,(H,23,26). The fraction of sp³-hybridized carbons (Fsp3) is 0.364. The Labute approximate surface area is 159 Å². The van der Waals surface area contributed by atoms with Crippen molar-refractivity contribution in [2.75, 3.05) is 11.4 Å². The highest BCUT2D eigenvalue weighted by atomic mass is 16.5. The summed E-state index contributed by atoms with van der Waals surface area (Å²) in [5.74, 6) is 0.994. The molecule has 5 heteroatoms. The third kappa shape index (κ3) is 3.97. The molecule has 1 unspecified atom stereocenters. The topological polar surface area (TPSA) is 58.6 Å². The van der Waals surface area contributed by atoms with Gasteiger partial charge in [0, 0.05) is 19.0 Å². The summed E-state index contributed by atoms with van der Waals surface area (Å²) in [7, 11) is 0. The predicted octanol–water partition coefficient (Wildman–Crippen LogP) is 3.89. The molecule has 0 radical (unpaired) electrons. The Morgan fingerprint density at radius 3 is 2.48 bits per heavy atom. The minimum Gasteiger partial charge on any atom is -0.455 e. The van der Waals surface area contributed by atoms with Gasteiger partial charge in [0.2, 0.25) is 11.8 Å². The van der Waals surface area contributed by atoms with Gasteiger partial charge in [-0.15, -0.1) is 0 Å². The molecule has 2 fully saturated rings. The largest absolute Gasteiger partial charge is 0.455 e. The lowest BCUT2D eigenvalue weighted by Gasteiger charge is -2.21. The molecule has 2 aromatic rings. The first kappa shape index (κ1) is 17.6. The minimum atomic E-state index is -0.303. The zero-order valence-electron chi connectivity index (χ0n) is 15.3. The number of rotatable bonds is 5. The van der Waals surface area contributed by atoms with Gasteiger partial charge >= 0.3 is 0 Å². The summed E-state index contributed by atoms with van der Waals surface area (Å²) in [5.41, 5.74) is 0.711. The second-order valence-electron chi connectivity index (χ2n) is 7.28. The summed E-state index contributed by atoms with van der Waals surface area (Å²) in [4.78, 5) is 26.9. The third-order valence-electron chi connectivity index (χ3n) is 5.32. The average molecular weight is 364 g/mol. The van der Waals surface area contributed by atoms with E-state index in [0.29, 0.717) is 23.7 Å². The first-order valence-corrected chi connectivity index (χ1v) is 9.63. The van der Waals surface area contributed by atoms with Crippen molar-refractivity contribution in [1.29, 1.82) is 0 Å². The van der Waals surface area contributed by atoms with Crippen molar-refractivity contribution in [3.63, 3.8) is 0 Å². The van der Waals surface area contributed by atoms with Crippen molar-refractivity contribution in [2.45, 2.75) is 38.1 Å². The number of carbonyl (C=O) groups excluding carboxylic acids is 2. The van der Waals surface area contributed by atoms with E-state index in [1.54, 1.807) is 4.90 Å². The average Bonchev–Trinajstić information content (AvgIpc) is 3.33. The monoisotopic (exact) mass is 364 g/mol. The van der Waals surface area contributed by atoms with Crippen LogP contribution in [0.2, 0.25) is 0 Å². The van der Waals surface area contributed by atoms with Crippen LogP contribution >= 0.6 is 0 Å². The highest BCUT2D eigenvalue weighted by molar-refractivity contribution is 6.01. The molecule has 1 saturated carbocycles. The Hall–Kier alpha value is -2.82. The van der Waals surface area contributed by atoms with E-state index < -0.39 is 0 Å². The molecule has 1 aliphatic heterocycles. The van der Waals surface area contributed by atoms with E-state index in [2.05, 4.69) is 5.32 Å². The van der Waals surface area contributed by atoms with Crippen LogP contribution in [0.3, 0.4) is 0 Å². The summed E-state index contributed by atoms with van der Waals surface area (Å²) >= 11 is 0. The Morgan fingerprint density at radius 2 is 1.70 bits per heavy atom. The van der Waals surface area contributed by atoms with E-state index in [1.807, 2.05) is 54.6 Å². The van der Waals surface area contributed by atoms with Gasteiger partial charge in [0.1, 0.15) is 5.75 Å². The zero-order valence-corrected chi connectivity index (χ0v) is 15.3. The number of benzene rings is 2. The van der Waals surface area contributed by atoms with E-state index >= 15 is 0 Å². The summed E-state index contributed by atoms with van der Waals surface area (Å²) < 4.78 is 5.98. The van der Waals surface area contributed by atoms with E-state index in [-0.39, 0.29) is 30.2 Å². The smallest absolute Gasteiger partial charge is 0.227 e. The zero-order chi connectivity index (χ0) is 18.6. The molecule has 1 N–H and O–H groups in total. The highest BCUT2D eigenvalue weighted by Gasteiger charge is 2.37. The van der Waals surface area contributed by atoms with Gasteiger partial charge in [-0.05, 0) is 37.1 Å². The van der Waals surface area contributed by atoms with Crippen LogP contribution in [0.15, 0.2) is 54.6 Å². The number of carbonyl (C=O) groups is 2. The number of para-hydroxylation sites is 3. The molecule has 4 rings (SSSR count). The van der Waals surface area contributed by atoms with Gasteiger partial charge in [0.15, 0.2) is 5.75 Å². The number of nitrogens with one attached hydrogen (secondary N) is 1. The number of hydrogen-bond donors (Lipinski definition) is 1. The highest BCUT2D eigenvalue weighted by Crippen LogP contribution is 2.35. The first-order chi connectivity index (χ1) is 13.2. The van der Waals surface area contributed by atoms with Crippen molar-refractivity contribution in [1.82, 2.24) is 5.32 Å². The van der Waals surface area contributed by atoms with Gasteiger partial charge in [-0.3, -0.25) is 9.59 Å². The van der Waals surface area contributed by atoms with E-state index in [4.69, 9.17) is 4.74 Å². The number of ether oxygens (including phenoxy) is 1. The maximum atomic E-state index is 12.6. The van der Waals surface area contributed by atoms with Crippen LogP contribution in [0.1, 0.15) is 32.1 Å². The van der Waals surface area contributed by atoms with Crippen LogP contribution in [0.5, 0.6) is 11.5 Å². The van der Waals surface area contributed by atoms with Crippen LogP contribution in [-0.2, 0) is 9.59 Å². The van der Waals surface area contributed by atoms with Crippen LogP contribution in [-0.4, -0.2) is 24.4 Å². The molecular formula is C22H24N2O3. The predicted molar refractivity (Wildman–Crippen MR) is 104 cm³/mol. The van der Waals surface area contributed by atoms with Gasteiger partial charge in [-0.1, -0.05) is 43.2 Å². The molecule has 2 amide bonds. The molecular weight excluding hydrogens is 340 g/mol. The molecule has 0 spiro atoms. The quantitative estimate of drug-likeness (QED) is 0.876. The Kier molecular flexibility index (Phi) is 5.10. The normalized spacial score (nSPS) is 20.1. The van der Waals surface area contributed by atoms with Gasteiger partial charge < -0.3 is 15.0 Å². The third-order valence-corrected chi connectivity index (χ3v) is 5.32. The van der Waals surface area contributed by atoms with E-state index in [1.165, 1.54) is 12.8 Å². The number of anilines is 1. The van der Waals surface area contributed by atoms with Crippen LogP contribution in [0, 0.1) is 5.92 Å². The van der Waals surface area contributed by atoms with Gasteiger partial charge in [-0.2, -0.15) is 0 Å². The first-order valence-electron chi connectivity index (χ1n) is 9.63. The lowest BCUT2D eigenvalue weighted by molar-refractivity contribution is -0.126. The Bertz CT molecular complexity index is 815.